The molecule has 0 fully saturated rings. The van der Waals surface area contributed by atoms with E-state index in [-0.39, 0.29) is 5.91 Å². The molecule has 0 saturated carbocycles. The van der Waals surface area contributed by atoms with Gasteiger partial charge < -0.3 is 15.4 Å². The number of anilines is 2. The van der Waals surface area contributed by atoms with Crippen LogP contribution in [-0.4, -0.2) is 25.2 Å². The van der Waals surface area contributed by atoms with E-state index in [1.54, 1.807) is 25.9 Å². The summed E-state index contributed by atoms with van der Waals surface area (Å²) in [6, 6.07) is 5.71. The van der Waals surface area contributed by atoms with Gasteiger partial charge in [0.05, 0.1) is 0 Å². The highest BCUT2D eigenvalue weighted by atomic mass is 16.5. The molecule has 4 nitrogen and oxygen atoms in total. The molecule has 1 amide bonds. The van der Waals surface area contributed by atoms with E-state index >= 15 is 0 Å². The summed E-state index contributed by atoms with van der Waals surface area (Å²) in [5.41, 5.74) is 7.73. The number of rotatable bonds is 2. The number of nitrogens with two attached hydrogens (primary N) is 1. The summed E-state index contributed by atoms with van der Waals surface area (Å²) in [6.45, 7) is 4.25. The largest absolute Gasteiger partial charge is 0.399 e. The zero-order valence-corrected chi connectivity index (χ0v) is 10.5. The number of carbonyl (C=O) groups excluding carboxylic acids is 1. The zero-order chi connectivity index (χ0) is 12.6. The van der Waals surface area contributed by atoms with E-state index < -0.39 is 5.60 Å². The van der Waals surface area contributed by atoms with Crippen molar-refractivity contribution in [3.8, 4) is 0 Å². The Bertz CT molecular complexity index is 455. The summed E-state index contributed by atoms with van der Waals surface area (Å²) in [5.74, 6) is -0.0237. The lowest BCUT2D eigenvalue weighted by Crippen LogP contribution is -2.45. The Balaban J connectivity index is 2.34. The normalized spacial score (nSPS) is 14.9. The number of benzene rings is 1. The lowest BCUT2D eigenvalue weighted by atomic mass is 10.1. The lowest BCUT2D eigenvalue weighted by Gasteiger charge is -2.28. The minimum Gasteiger partial charge on any atom is -0.399 e. The molecule has 0 saturated heterocycles. The maximum Gasteiger partial charge on any atom is 0.258 e. The quantitative estimate of drug-likeness (QED) is 0.790. The van der Waals surface area contributed by atoms with E-state index in [1.165, 1.54) is 5.56 Å². The fourth-order valence-electron chi connectivity index (χ4n) is 2.02. The molecule has 4 heteroatoms. The van der Waals surface area contributed by atoms with Gasteiger partial charge in [-0.25, -0.2) is 0 Å². The third-order valence-electron chi connectivity index (χ3n) is 3.28. The Morgan fingerprint density at radius 2 is 2.18 bits per heavy atom. The van der Waals surface area contributed by atoms with Crippen LogP contribution in [0.15, 0.2) is 18.2 Å². The molecule has 0 radical (unpaired) electrons. The van der Waals surface area contributed by atoms with Crippen LogP contribution in [0.1, 0.15) is 19.4 Å². The highest BCUT2D eigenvalue weighted by Gasteiger charge is 2.35. The number of hydrogen-bond acceptors (Lipinski definition) is 3. The van der Waals surface area contributed by atoms with Crippen LogP contribution < -0.4 is 10.6 Å². The van der Waals surface area contributed by atoms with Crippen molar-refractivity contribution in [2.45, 2.75) is 25.9 Å². The fraction of sp³-hybridized carbons (Fsp3) is 0.462. The molecular formula is C13H18N2O2. The second-order valence-electron chi connectivity index (χ2n) is 4.81. The van der Waals surface area contributed by atoms with Crippen molar-refractivity contribution < 1.29 is 9.53 Å². The van der Waals surface area contributed by atoms with Gasteiger partial charge in [0.25, 0.3) is 5.91 Å². The molecule has 1 heterocycles. The van der Waals surface area contributed by atoms with Crippen LogP contribution in [0.4, 0.5) is 11.4 Å². The van der Waals surface area contributed by atoms with Crippen molar-refractivity contribution in [3.63, 3.8) is 0 Å². The second-order valence-corrected chi connectivity index (χ2v) is 4.81. The second kappa shape index (κ2) is 4.04. The van der Waals surface area contributed by atoms with E-state index in [2.05, 4.69) is 0 Å². The van der Waals surface area contributed by atoms with Gasteiger partial charge in [-0.2, -0.15) is 0 Å². The molecule has 0 spiro atoms. The van der Waals surface area contributed by atoms with E-state index in [1.807, 2.05) is 18.2 Å². The molecule has 0 unspecified atom stereocenters. The number of nitrogens with zero attached hydrogens (tertiary/aromatic N) is 1. The van der Waals surface area contributed by atoms with Gasteiger partial charge in [0, 0.05) is 25.0 Å². The average Bonchev–Trinajstić information content (AvgIpc) is 2.70. The molecule has 2 rings (SSSR count). The first-order valence-corrected chi connectivity index (χ1v) is 5.71. The minimum atomic E-state index is -0.799. The number of amides is 1. The van der Waals surface area contributed by atoms with Crippen molar-refractivity contribution in [2.24, 2.45) is 0 Å². The van der Waals surface area contributed by atoms with Gasteiger partial charge >= 0.3 is 0 Å². The summed E-state index contributed by atoms with van der Waals surface area (Å²) in [7, 11) is 1.55. The van der Waals surface area contributed by atoms with Crippen molar-refractivity contribution in [2.75, 3.05) is 24.3 Å². The molecule has 0 bridgehead atoms. The van der Waals surface area contributed by atoms with Crippen LogP contribution in [0.25, 0.3) is 0 Å². The summed E-state index contributed by atoms with van der Waals surface area (Å²) in [6.07, 6.45) is 0.876. The molecule has 1 aromatic rings. The monoisotopic (exact) mass is 234 g/mol. The predicted molar refractivity (Wildman–Crippen MR) is 68.0 cm³/mol. The number of ether oxygens (including phenoxy) is 1. The molecular weight excluding hydrogens is 216 g/mol. The van der Waals surface area contributed by atoms with Gasteiger partial charge in [0.15, 0.2) is 0 Å². The van der Waals surface area contributed by atoms with Crippen molar-refractivity contribution >= 4 is 17.3 Å². The average molecular weight is 234 g/mol. The number of fused-ring (bicyclic) bond motifs is 1. The van der Waals surface area contributed by atoms with Crippen LogP contribution in [0.3, 0.4) is 0 Å². The van der Waals surface area contributed by atoms with Crippen LogP contribution >= 0.6 is 0 Å². The standard InChI is InChI=1S/C13H18N2O2/c1-13(2,17-3)12(16)15-7-6-9-4-5-10(14)8-11(9)15/h4-5,8H,6-7,14H2,1-3H3. The van der Waals surface area contributed by atoms with Crippen LogP contribution in [0.2, 0.25) is 0 Å². The topological polar surface area (TPSA) is 55.6 Å². The van der Waals surface area contributed by atoms with E-state index in [9.17, 15) is 4.79 Å². The maximum atomic E-state index is 12.3. The molecule has 2 N–H and O–H groups in total. The zero-order valence-electron chi connectivity index (χ0n) is 10.5. The Labute approximate surface area is 101 Å². The van der Waals surface area contributed by atoms with Gasteiger partial charge in [-0.1, -0.05) is 6.07 Å². The Hall–Kier alpha value is -1.55. The van der Waals surface area contributed by atoms with E-state index in [4.69, 9.17) is 10.5 Å². The molecule has 0 atom stereocenters. The number of nitrogen functional groups attached to an aromatic ring is 1. The van der Waals surface area contributed by atoms with Crippen LogP contribution in [0.5, 0.6) is 0 Å². The van der Waals surface area contributed by atoms with Crippen LogP contribution in [0, 0.1) is 0 Å². The van der Waals surface area contributed by atoms with E-state index in [0.717, 1.165) is 12.1 Å². The first kappa shape index (κ1) is 11.9. The highest BCUT2D eigenvalue weighted by molar-refractivity contribution is 6.01. The minimum absolute atomic E-state index is 0.0237. The summed E-state index contributed by atoms with van der Waals surface area (Å²) >= 11 is 0. The van der Waals surface area contributed by atoms with Gasteiger partial charge in [-0.3, -0.25) is 4.79 Å². The fourth-order valence-corrected chi connectivity index (χ4v) is 2.02. The van der Waals surface area contributed by atoms with Gasteiger partial charge in [0.2, 0.25) is 0 Å². The number of hydrogen-bond donors (Lipinski definition) is 1. The first-order valence-electron chi connectivity index (χ1n) is 5.71. The Morgan fingerprint density at radius 1 is 1.47 bits per heavy atom. The Morgan fingerprint density at radius 3 is 2.82 bits per heavy atom. The van der Waals surface area contributed by atoms with Gasteiger partial charge in [0.1, 0.15) is 5.60 Å². The number of methoxy groups -OCH3 is 1. The van der Waals surface area contributed by atoms with Crippen LogP contribution in [-0.2, 0) is 16.0 Å². The van der Waals surface area contributed by atoms with Crippen molar-refractivity contribution in [1.82, 2.24) is 0 Å². The first-order chi connectivity index (χ1) is 7.95. The van der Waals surface area contributed by atoms with Crippen molar-refractivity contribution in [3.05, 3.63) is 23.8 Å². The van der Waals surface area contributed by atoms with Gasteiger partial charge in [-0.15, -0.1) is 0 Å². The molecule has 0 aliphatic carbocycles. The summed E-state index contributed by atoms with van der Waals surface area (Å²) in [5, 5.41) is 0. The third-order valence-corrected chi connectivity index (χ3v) is 3.28. The molecule has 17 heavy (non-hydrogen) atoms. The lowest BCUT2D eigenvalue weighted by molar-refractivity contribution is -0.136. The van der Waals surface area contributed by atoms with Crippen molar-refractivity contribution in [1.29, 1.82) is 0 Å². The number of carbonyl (C=O) groups is 1. The molecule has 1 aliphatic heterocycles. The Kier molecular flexibility index (Phi) is 2.83. The van der Waals surface area contributed by atoms with E-state index in [0.29, 0.717) is 12.2 Å². The summed E-state index contributed by atoms with van der Waals surface area (Å²) < 4.78 is 5.23. The predicted octanol–water partition coefficient (Wildman–Crippen LogP) is 1.58. The third kappa shape index (κ3) is 2.00. The molecule has 1 aliphatic rings. The molecule has 0 aromatic heterocycles. The van der Waals surface area contributed by atoms with Gasteiger partial charge in [-0.05, 0) is 38.0 Å². The maximum absolute atomic E-state index is 12.3. The SMILES string of the molecule is COC(C)(C)C(=O)N1CCc2ccc(N)cc21. The highest BCUT2D eigenvalue weighted by Crippen LogP contribution is 2.32. The molecule has 1 aromatic carbocycles. The summed E-state index contributed by atoms with van der Waals surface area (Å²) in [4.78, 5) is 14.1. The smallest absolute Gasteiger partial charge is 0.258 e. The molecule has 92 valence electrons.